The molecule has 0 spiro atoms. The summed E-state index contributed by atoms with van der Waals surface area (Å²) in [6.45, 7) is 3.34. The summed E-state index contributed by atoms with van der Waals surface area (Å²) in [5, 5.41) is 5.20. The third-order valence-electron chi connectivity index (χ3n) is 4.84. The standard InChI is InChI=1S/C21H25N3O5S/c1-16(18-5-3-2-4-6-18)23-21(26)20(25)22-15-17-7-9-19(10-8-17)30(27,28)24-11-13-29-14-12-24/h2-10,16H,11-15H2,1H3,(H,22,25)(H,23,26)/t16-/m0/s1. The van der Waals surface area contributed by atoms with E-state index in [1.807, 2.05) is 30.3 Å². The van der Waals surface area contributed by atoms with Crippen LogP contribution in [0.1, 0.15) is 24.1 Å². The van der Waals surface area contributed by atoms with Gasteiger partial charge in [0.1, 0.15) is 0 Å². The fourth-order valence-electron chi connectivity index (χ4n) is 3.07. The molecule has 8 nitrogen and oxygen atoms in total. The fraction of sp³-hybridized carbons (Fsp3) is 0.333. The van der Waals surface area contributed by atoms with Crippen molar-refractivity contribution in [3.63, 3.8) is 0 Å². The van der Waals surface area contributed by atoms with E-state index in [2.05, 4.69) is 10.6 Å². The van der Waals surface area contributed by atoms with Crippen molar-refractivity contribution >= 4 is 21.8 Å². The Bertz CT molecular complexity index is 971. The monoisotopic (exact) mass is 431 g/mol. The van der Waals surface area contributed by atoms with E-state index in [1.165, 1.54) is 16.4 Å². The Morgan fingerprint density at radius 3 is 2.27 bits per heavy atom. The molecule has 0 aromatic heterocycles. The van der Waals surface area contributed by atoms with Crippen LogP contribution in [0.4, 0.5) is 0 Å². The molecular weight excluding hydrogens is 406 g/mol. The number of amides is 2. The Kier molecular flexibility index (Phi) is 7.20. The smallest absolute Gasteiger partial charge is 0.309 e. The molecule has 1 heterocycles. The van der Waals surface area contributed by atoms with Crippen LogP contribution in [0.25, 0.3) is 0 Å². The minimum atomic E-state index is -3.56. The number of morpholine rings is 1. The highest BCUT2D eigenvalue weighted by molar-refractivity contribution is 7.89. The lowest BCUT2D eigenvalue weighted by Gasteiger charge is -2.26. The van der Waals surface area contributed by atoms with Crippen LogP contribution in [0.2, 0.25) is 0 Å². The third-order valence-corrected chi connectivity index (χ3v) is 6.75. The maximum atomic E-state index is 12.6. The number of hydrogen-bond donors (Lipinski definition) is 2. The van der Waals surface area contributed by atoms with Gasteiger partial charge in [-0.1, -0.05) is 42.5 Å². The van der Waals surface area contributed by atoms with Crippen LogP contribution in [0.5, 0.6) is 0 Å². The van der Waals surface area contributed by atoms with E-state index in [9.17, 15) is 18.0 Å². The summed E-state index contributed by atoms with van der Waals surface area (Å²) in [4.78, 5) is 24.4. The van der Waals surface area contributed by atoms with Gasteiger partial charge in [0.25, 0.3) is 0 Å². The molecule has 0 unspecified atom stereocenters. The summed E-state index contributed by atoms with van der Waals surface area (Å²) >= 11 is 0. The molecule has 2 aromatic rings. The summed E-state index contributed by atoms with van der Waals surface area (Å²) in [7, 11) is -3.56. The van der Waals surface area contributed by atoms with E-state index in [-0.39, 0.29) is 17.5 Å². The Labute approximate surface area is 176 Å². The first-order valence-corrected chi connectivity index (χ1v) is 11.1. The van der Waals surface area contributed by atoms with Crippen molar-refractivity contribution < 1.29 is 22.7 Å². The molecule has 2 N–H and O–H groups in total. The quantitative estimate of drug-likeness (QED) is 0.669. The predicted octanol–water partition coefficient (Wildman–Crippen LogP) is 1.20. The number of carbonyl (C=O) groups excluding carboxylic acids is 2. The third kappa shape index (κ3) is 5.44. The van der Waals surface area contributed by atoms with Gasteiger partial charge in [-0.05, 0) is 30.2 Å². The second-order valence-electron chi connectivity index (χ2n) is 6.95. The summed E-state index contributed by atoms with van der Waals surface area (Å²) < 4.78 is 31.8. The first-order chi connectivity index (χ1) is 14.4. The second-order valence-corrected chi connectivity index (χ2v) is 8.89. The Hall–Kier alpha value is -2.75. The van der Waals surface area contributed by atoms with Gasteiger partial charge in [0.2, 0.25) is 10.0 Å². The maximum Gasteiger partial charge on any atom is 0.309 e. The molecule has 1 fully saturated rings. The van der Waals surface area contributed by atoms with Gasteiger partial charge in [-0.2, -0.15) is 4.31 Å². The zero-order valence-electron chi connectivity index (χ0n) is 16.7. The van der Waals surface area contributed by atoms with Gasteiger partial charge in [0.15, 0.2) is 0 Å². The van der Waals surface area contributed by atoms with Crippen LogP contribution in [0, 0.1) is 0 Å². The number of sulfonamides is 1. The highest BCUT2D eigenvalue weighted by Gasteiger charge is 2.26. The van der Waals surface area contributed by atoms with Crippen molar-refractivity contribution in [3.05, 3.63) is 65.7 Å². The van der Waals surface area contributed by atoms with Gasteiger partial charge in [-0.25, -0.2) is 8.42 Å². The van der Waals surface area contributed by atoms with Gasteiger partial charge < -0.3 is 15.4 Å². The predicted molar refractivity (Wildman–Crippen MR) is 111 cm³/mol. The molecule has 3 rings (SSSR count). The molecule has 1 atom stereocenters. The molecule has 1 aliphatic rings. The highest BCUT2D eigenvalue weighted by Crippen LogP contribution is 2.17. The summed E-state index contributed by atoms with van der Waals surface area (Å²) in [5.74, 6) is -1.47. The Balaban J connectivity index is 1.53. The average molecular weight is 432 g/mol. The number of ether oxygens (including phenoxy) is 1. The van der Waals surface area contributed by atoms with E-state index in [0.717, 1.165) is 5.56 Å². The van der Waals surface area contributed by atoms with Crippen LogP contribution < -0.4 is 10.6 Å². The van der Waals surface area contributed by atoms with Crippen LogP contribution in [-0.4, -0.2) is 50.8 Å². The second kappa shape index (κ2) is 9.84. The molecular formula is C21H25N3O5S. The lowest BCUT2D eigenvalue weighted by molar-refractivity contribution is -0.139. The van der Waals surface area contributed by atoms with Crippen molar-refractivity contribution in [1.82, 2.24) is 14.9 Å². The van der Waals surface area contributed by atoms with E-state index in [0.29, 0.717) is 31.9 Å². The van der Waals surface area contributed by atoms with E-state index < -0.39 is 21.8 Å². The van der Waals surface area contributed by atoms with Gasteiger partial charge in [0.05, 0.1) is 24.2 Å². The molecule has 1 saturated heterocycles. The van der Waals surface area contributed by atoms with Gasteiger partial charge >= 0.3 is 11.8 Å². The van der Waals surface area contributed by atoms with E-state index >= 15 is 0 Å². The first-order valence-electron chi connectivity index (χ1n) is 9.68. The Morgan fingerprint density at radius 1 is 1.00 bits per heavy atom. The zero-order chi connectivity index (χ0) is 21.6. The van der Waals surface area contributed by atoms with Gasteiger partial charge in [-0.15, -0.1) is 0 Å². The first kappa shape index (κ1) is 21.9. The summed E-state index contributed by atoms with van der Waals surface area (Å²) in [5.41, 5.74) is 1.59. The number of nitrogens with one attached hydrogen (secondary N) is 2. The van der Waals surface area contributed by atoms with Crippen molar-refractivity contribution in [3.8, 4) is 0 Å². The summed E-state index contributed by atoms with van der Waals surface area (Å²) in [6, 6.07) is 15.3. The van der Waals surface area contributed by atoms with Crippen molar-refractivity contribution in [2.24, 2.45) is 0 Å². The molecule has 0 saturated carbocycles. The topological polar surface area (TPSA) is 105 Å². The maximum absolute atomic E-state index is 12.6. The SMILES string of the molecule is C[C@H](NC(=O)C(=O)NCc1ccc(S(=O)(=O)N2CCOCC2)cc1)c1ccccc1. The minimum Gasteiger partial charge on any atom is -0.379 e. The minimum absolute atomic E-state index is 0.115. The van der Waals surface area contributed by atoms with Gasteiger partial charge in [-0.3, -0.25) is 9.59 Å². The fourth-order valence-corrected chi connectivity index (χ4v) is 4.47. The number of carbonyl (C=O) groups is 2. The largest absolute Gasteiger partial charge is 0.379 e. The number of benzene rings is 2. The molecule has 0 aliphatic carbocycles. The summed E-state index contributed by atoms with van der Waals surface area (Å²) in [6.07, 6.45) is 0. The van der Waals surface area contributed by atoms with Crippen molar-refractivity contribution in [2.75, 3.05) is 26.3 Å². The molecule has 160 valence electrons. The van der Waals surface area contributed by atoms with Crippen LogP contribution in [-0.2, 0) is 30.9 Å². The molecule has 2 amide bonds. The van der Waals surface area contributed by atoms with E-state index in [4.69, 9.17) is 4.74 Å². The molecule has 1 aliphatic heterocycles. The number of rotatable bonds is 6. The molecule has 0 bridgehead atoms. The molecule has 0 radical (unpaired) electrons. The number of nitrogens with zero attached hydrogens (tertiary/aromatic N) is 1. The Morgan fingerprint density at radius 2 is 1.63 bits per heavy atom. The zero-order valence-corrected chi connectivity index (χ0v) is 17.5. The van der Waals surface area contributed by atoms with Crippen molar-refractivity contribution in [1.29, 1.82) is 0 Å². The molecule has 30 heavy (non-hydrogen) atoms. The molecule has 2 aromatic carbocycles. The van der Waals surface area contributed by atoms with Crippen molar-refractivity contribution in [2.45, 2.75) is 24.4 Å². The number of hydrogen-bond acceptors (Lipinski definition) is 5. The average Bonchev–Trinajstić information content (AvgIpc) is 2.78. The lowest BCUT2D eigenvalue weighted by Crippen LogP contribution is -2.40. The van der Waals surface area contributed by atoms with E-state index in [1.54, 1.807) is 19.1 Å². The lowest BCUT2D eigenvalue weighted by atomic mass is 10.1. The van der Waals surface area contributed by atoms with Crippen LogP contribution >= 0.6 is 0 Å². The highest BCUT2D eigenvalue weighted by atomic mass is 32.2. The molecule has 9 heteroatoms. The normalized spacial score (nSPS) is 15.9. The van der Waals surface area contributed by atoms with Crippen LogP contribution in [0.3, 0.4) is 0 Å². The van der Waals surface area contributed by atoms with Crippen LogP contribution in [0.15, 0.2) is 59.5 Å². The van der Waals surface area contributed by atoms with Gasteiger partial charge in [0, 0.05) is 19.6 Å².